The van der Waals surface area contributed by atoms with Gasteiger partial charge in [-0.1, -0.05) is 6.07 Å². The van der Waals surface area contributed by atoms with Gasteiger partial charge in [-0.25, -0.2) is 15.0 Å². The number of nitrogens with two attached hydrogens (primary N) is 1. The number of rotatable bonds is 5. The number of piperidine rings is 1. The molecule has 180 valence electrons. The summed E-state index contributed by atoms with van der Waals surface area (Å²) in [5.41, 5.74) is 7.71. The number of hydrogen-bond donors (Lipinski definition) is 1. The molecular formula is C24H31N7O2S. The lowest BCUT2D eigenvalue weighted by molar-refractivity contribution is -0.134. The number of aromatic nitrogens is 3. The maximum Gasteiger partial charge on any atom is 0.226 e. The van der Waals surface area contributed by atoms with Gasteiger partial charge in [-0.05, 0) is 38.1 Å². The van der Waals surface area contributed by atoms with E-state index in [4.69, 9.17) is 15.5 Å². The van der Waals surface area contributed by atoms with E-state index < -0.39 is 0 Å². The fourth-order valence-electron chi connectivity index (χ4n) is 4.67. The van der Waals surface area contributed by atoms with Gasteiger partial charge in [0.05, 0.1) is 29.6 Å². The summed E-state index contributed by atoms with van der Waals surface area (Å²) < 4.78 is 7.06. The SMILES string of the molecule is CN(C)C(=O)C1CCN(Cc2cc3nc(N4CCOC(c5ccc(N)nc5)C4)ncc3s2)CC1. The molecule has 3 aromatic rings. The average molecular weight is 482 g/mol. The molecule has 3 aromatic heterocycles. The molecule has 2 aliphatic heterocycles. The van der Waals surface area contributed by atoms with Gasteiger partial charge >= 0.3 is 0 Å². The Bertz CT molecular complexity index is 1140. The van der Waals surface area contributed by atoms with Crippen LogP contribution in [0.4, 0.5) is 11.8 Å². The van der Waals surface area contributed by atoms with Crippen molar-refractivity contribution in [3.05, 3.63) is 41.0 Å². The third kappa shape index (κ3) is 4.98. The number of nitrogen functional groups attached to an aromatic ring is 1. The van der Waals surface area contributed by atoms with Gasteiger partial charge < -0.3 is 20.3 Å². The summed E-state index contributed by atoms with van der Waals surface area (Å²) >= 11 is 1.75. The van der Waals surface area contributed by atoms with E-state index >= 15 is 0 Å². The summed E-state index contributed by atoms with van der Waals surface area (Å²) in [7, 11) is 3.68. The van der Waals surface area contributed by atoms with Crippen LogP contribution in [-0.2, 0) is 16.1 Å². The second kappa shape index (κ2) is 9.81. The summed E-state index contributed by atoms with van der Waals surface area (Å²) in [6, 6.07) is 5.95. The number of ether oxygens (including phenoxy) is 1. The minimum Gasteiger partial charge on any atom is -0.384 e. The van der Waals surface area contributed by atoms with Gasteiger partial charge in [-0.15, -0.1) is 11.3 Å². The largest absolute Gasteiger partial charge is 0.384 e. The van der Waals surface area contributed by atoms with Crippen molar-refractivity contribution in [2.45, 2.75) is 25.5 Å². The third-order valence-corrected chi connectivity index (χ3v) is 7.64. The van der Waals surface area contributed by atoms with Gasteiger partial charge in [0.2, 0.25) is 11.9 Å². The molecule has 5 heterocycles. The normalized spacial score (nSPS) is 20.1. The van der Waals surface area contributed by atoms with Crippen molar-refractivity contribution in [3.63, 3.8) is 0 Å². The molecule has 2 aliphatic rings. The number of amides is 1. The highest BCUT2D eigenvalue weighted by atomic mass is 32.1. The van der Waals surface area contributed by atoms with Crippen molar-refractivity contribution in [1.82, 2.24) is 24.8 Å². The number of carbonyl (C=O) groups excluding carboxylic acids is 1. The molecule has 2 fully saturated rings. The number of morpholine rings is 1. The summed E-state index contributed by atoms with van der Waals surface area (Å²) in [6.07, 6.45) is 5.48. The number of pyridine rings is 1. The van der Waals surface area contributed by atoms with E-state index in [0.717, 1.165) is 60.7 Å². The number of anilines is 2. The molecule has 0 saturated carbocycles. The van der Waals surface area contributed by atoms with E-state index in [9.17, 15) is 4.79 Å². The zero-order chi connectivity index (χ0) is 23.7. The Morgan fingerprint density at radius 1 is 1.21 bits per heavy atom. The second-order valence-corrected chi connectivity index (χ2v) is 10.4. The van der Waals surface area contributed by atoms with Crippen molar-refractivity contribution in [1.29, 1.82) is 0 Å². The predicted molar refractivity (Wildman–Crippen MR) is 134 cm³/mol. The highest BCUT2D eigenvalue weighted by Crippen LogP contribution is 2.30. The Morgan fingerprint density at radius 2 is 2.03 bits per heavy atom. The van der Waals surface area contributed by atoms with Crippen LogP contribution in [0.25, 0.3) is 10.2 Å². The molecule has 1 atom stereocenters. The number of likely N-dealkylation sites (tertiary alicyclic amines) is 1. The van der Waals surface area contributed by atoms with Gasteiger partial charge in [0.1, 0.15) is 11.9 Å². The van der Waals surface area contributed by atoms with Crippen molar-refractivity contribution in [2.75, 3.05) is 57.5 Å². The van der Waals surface area contributed by atoms with Crippen molar-refractivity contribution >= 4 is 39.2 Å². The first kappa shape index (κ1) is 22.9. The highest BCUT2D eigenvalue weighted by Gasteiger charge is 2.27. The van der Waals surface area contributed by atoms with Crippen LogP contribution in [0.1, 0.15) is 29.4 Å². The van der Waals surface area contributed by atoms with Gasteiger partial charge in [0.15, 0.2) is 0 Å². The van der Waals surface area contributed by atoms with Crippen LogP contribution >= 0.6 is 11.3 Å². The molecule has 1 unspecified atom stereocenters. The zero-order valence-electron chi connectivity index (χ0n) is 19.7. The molecule has 0 spiro atoms. The van der Waals surface area contributed by atoms with Crippen molar-refractivity contribution in [2.24, 2.45) is 5.92 Å². The summed E-state index contributed by atoms with van der Waals surface area (Å²) in [5.74, 6) is 1.65. The first-order valence-electron chi connectivity index (χ1n) is 11.7. The van der Waals surface area contributed by atoms with Crippen molar-refractivity contribution < 1.29 is 9.53 Å². The van der Waals surface area contributed by atoms with E-state index in [1.807, 2.05) is 26.4 Å². The fraction of sp³-hybridized carbons (Fsp3) is 0.500. The van der Waals surface area contributed by atoms with Crippen LogP contribution in [0.5, 0.6) is 0 Å². The van der Waals surface area contributed by atoms with Crippen LogP contribution in [-0.4, -0.2) is 77.5 Å². The van der Waals surface area contributed by atoms with E-state index in [1.165, 1.54) is 4.88 Å². The molecule has 2 N–H and O–H groups in total. The zero-order valence-corrected chi connectivity index (χ0v) is 20.5. The van der Waals surface area contributed by atoms with E-state index in [-0.39, 0.29) is 17.9 Å². The Morgan fingerprint density at radius 3 is 2.76 bits per heavy atom. The molecule has 2 saturated heterocycles. The summed E-state index contributed by atoms with van der Waals surface area (Å²) in [4.78, 5) is 33.6. The first-order valence-corrected chi connectivity index (χ1v) is 12.5. The second-order valence-electron chi connectivity index (χ2n) is 9.24. The minimum atomic E-state index is -0.0820. The standard InChI is InChI=1S/C24H31N7O2S/c1-29(2)23(32)16-5-7-30(8-6-16)14-18-11-19-21(34-18)13-27-24(28-19)31-9-10-33-20(15-31)17-3-4-22(25)26-12-17/h3-4,11-13,16,20H,5-10,14-15H2,1-2H3,(H2,25,26). The topological polar surface area (TPSA) is 101 Å². The van der Waals surface area contributed by atoms with Gasteiger partial charge in [-0.2, -0.15) is 0 Å². The predicted octanol–water partition coefficient (Wildman–Crippen LogP) is 2.55. The molecule has 1 amide bonds. The lowest BCUT2D eigenvalue weighted by Crippen LogP contribution is -2.39. The minimum absolute atomic E-state index is 0.0820. The Balaban J connectivity index is 1.23. The molecule has 10 heteroatoms. The first-order chi connectivity index (χ1) is 16.5. The smallest absolute Gasteiger partial charge is 0.226 e. The number of fused-ring (bicyclic) bond motifs is 1. The molecular weight excluding hydrogens is 450 g/mol. The molecule has 0 aliphatic carbocycles. The quantitative estimate of drug-likeness (QED) is 0.593. The molecule has 5 rings (SSSR count). The summed E-state index contributed by atoms with van der Waals surface area (Å²) in [6.45, 7) is 4.83. The monoisotopic (exact) mass is 481 g/mol. The maximum atomic E-state index is 12.2. The average Bonchev–Trinajstić information content (AvgIpc) is 3.26. The van der Waals surface area contributed by atoms with E-state index in [0.29, 0.717) is 19.0 Å². The number of carbonyl (C=O) groups is 1. The van der Waals surface area contributed by atoms with Gasteiger partial charge in [0, 0.05) is 49.7 Å². The van der Waals surface area contributed by atoms with Gasteiger partial charge in [0.25, 0.3) is 0 Å². The highest BCUT2D eigenvalue weighted by molar-refractivity contribution is 7.18. The Hall–Kier alpha value is -2.82. The Kier molecular flexibility index (Phi) is 6.62. The maximum absolute atomic E-state index is 12.2. The van der Waals surface area contributed by atoms with Gasteiger partial charge in [-0.3, -0.25) is 9.69 Å². The summed E-state index contributed by atoms with van der Waals surface area (Å²) in [5, 5.41) is 0. The lowest BCUT2D eigenvalue weighted by atomic mass is 9.95. The van der Waals surface area contributed by atoms with Crippen LogP contribution < -0.4 is 10.6 Å². The molecule has 9 nitrogen and oxygen atoms in total. The third-order valence-electron chi connectivity index (χ3n) is 6.60. The number of thiophene rings is 1. The van der Waals surface area contributed by atoms with Crippen molar-refractivity contribution in [3.8, 4) is 0 Å². The molecule has 34 heavy (non-hydrogen) atoms. The van der Waals surface area contributed by atoms with Crippen LogP contribution in [0, 0.1) is 5.92 Å². The van der Waals surface area contributed by atoms with E-state index in [2.05, 4.69) is 25.8 Å². The fourth-order valence-corrected chi connectivity index (χ4v) is 5.69. The number of nitrogens with zero attached hydrogens (tertiary/aromatic N) is 6. The molecule has 0 aromatic carbocycles. The Labute approximate surface area is 203 Å². The van der Waals surface area contributed by atoms with Crippen LogP contribution in [0.3, 0.4) is 0 Å². The molecule has 0 bridgehead atoms. The lowest BCUT2D eigenvalue weighted by Gasteiger charge is -2.33. The van der Waals surface area contributed by atoms with E-state index in [1.54, 1.807) is 28.5 Å². The number of hydrogen-bond acceptors (Lipinski definition) is 9. The van der Waals surface area contributed by atoms with Crippen LogP contribution in [0.15, 0.2) is 30.6 Å². The molecule has 0 radical (unpaired) electrons. The van der Waals surface area contributed by atoms with Crippen LogP contribution in [0.2, 0.25) is 0 Å².